The molecule has 0 amide bonds. The van der Waals surface area contributed by atoms with Crippen LogP contribution in [0.2, 0.25) is 0 Å². The number of nitrogens with zero attached hydrogens (tertiary/aromatic N) is 1. The average Bonchev–Trinajstić information content (AvgIpc) is 2.41. The van der Waals surface area contributed by atoms with Crippen molar-refractivity contribution in [3.05, 3.63) is 35.7 Å². The van der Waals surface area contributed by atoms with Gasteiger partial charge in [-0.2, -0.15) is 0 Å². The molecule has 0 saturated heterocycles. The van der Waals surface area contributed by atoms with Gasteiger partial charge in [0.1, 0.15) is 0 Å². The molecule has 0 bridgehead atoms. The first-order chi connectivity index (χ1) is 9.08. The highest BCUT2D eigenvalue weighted by atomic mass is 15.1. The van der Waals surface area contributed by atoms with Gasteiger partial charge in [0.25, 0.3) is 0 Å². The molecule has 0 aromatic heterocycles. The van der Waals surface area contributed by atoms with Gasteiger partial charge in [0, 0.05) is 17.9 Å². The van der Waals surface area contributed by atoms with E-state index in [1.54, 1.807) is 0 Å². The Morgan fingerprint density at radius 2 is 2.16 bits per heavy atom. The Kier molecular flexibility index (Phi) is 4.54. The Morgan fingerprint density at radius 1 is 1.42 bits per heavy atom. The summed E-state index contributed by atoms with van der Waals surface area (Å²) in [5, 5.41) is 0. The van der Waals surface area contributed by atoms with Gasteiger partial charge in [0.05, 0.1) is 0 Å². The fourth-order valence-corrected chi connectivity index (χ4v) is 3.61. The van der Waals surface area contributed by atoms with E-state index in [1.807, 2.05) is 0 Å². The highest BCUT2D eigenvalue weighted by Gasteiger charge is 2.35. The largest absolute Gasteiger partial charge is 0.346 e. The van der Waals surface area contributed by atoms with Crippen molar-refractivity contribution in [1.29, 1.82) is 0 Å². The van der Waals surface area contributed by atoms with Crippen LogP contribution in [0.25, 0.3) is 0 Å². The zero-order valence-corrected chi connectivity index (χ0v) is 13.2. The van der Waals surface area contributed by atoms with E-state index in [0.717, 1.165) is 24.2 Å². The molecule has 2 rings (SSSR count). The second-order valence-corrected chi connectivity index (χ2v) is 6.41. The standard InChI is InChI=1S/C18H29N/c1-6-15-11-14(5)17(15)12-16-9-8-10-19(13(3)4)18(16)7-2/h7-8,10,12-15,17H,6,9,11H2,1-5H3/b16-12-,18-7+. The summed E-state index contributed by atoms with van der Waals surface area (Å²) in [4.78, 5) is 2.40. The van der Waals surface area contributed by atoms with Crippen LogP contribution >= 0.6 is 0 Å². The number of hydrogen-bond donors (Lipinski definition) is 0. The summed E-state index contributed by atoms with van der Waals surface area (Å²) in [7, 11) is 0. The maximum atomic E-state index is 2.58. The summed E-state index contributed by atoms with van der Waals surface area (Å²) in [5.41, 5.74) is 2.96. The lowest BCUT2D eigenvalue weighted by Gasteiger charge is -2.42. The molecule has 19 heavy (non-hydrogen) atoms. The van der Waals surface area contributed by atoms with Crippen molar-refractivity contribution in [2.75, 3.05) is 0 Å². The van der Waals surface area contributed by atoms with Crippen molar-refractivity contribution in [2.45, 2.75) is 59.9 Å². The van der Waals surface area contributed by atoms with Gasteiger partial charge in [-0.05, 0) is 56.9 Å². The minimum absolute atomic E-state index is 0.534. The first-order valence-corrected chi connectivity index (χ1v) is 7.90. The topological polar surface area (TPSA) is 3.24 Å². The third-order valence-corrected chi connectivity index (χ3v) is 4.83. The summed E-state index contributed by atoms with van der Waals surface area (Å²) in [6.07, 6.45) is 13.3. The van der Waals surface area contributed by atoms with Crippen LogP contribution in [0.4, 0.5) is 0 Å². The van der Waals surface area contributed by atoms with Gasteiger partial charge in [-0.15, -0.1) is 0 Å². The quantitative estimate of drug-likeness (QED) is 0.679. The van der Waals surface area contributed by atoms with Crippen LogP contribution in [0.5, 0.6) is 0 Å². The second-order valence-electron chi connectivity index (χ2n) is 6.41. The van der Waals surface area contributed by atoms with Crippen LogP contribution < -0.4 is 0 Å². The first-order valence-electron chi connectivity index (χ1n) is 7.90. The van der Waals surface area contributed by atoms with Gasteiger partial charge < -0.3 is 4.90 Å². The molecular formula is C18H29N. The third-order valence-electron chi connectivity index (χ3n) is 4.83. The zero-order chi connectivity index (χ0) is 14.0. The lowest BCUT2D eigenvalue weighted by Crippen LogP contribution is -2.34. The SMILES string of the molecule is C/C=C1\C(=C/C2C(C)CC2CC)CC=CN1C(C)C. The molecule has 0 radical (unpaired) electrons. The van der Waals surface area contributed by atoms with Crippen molar-refractivity contribution in [2.24, 2.45) is 17.8 Å². The van der Waals surface area contributed by atoms with Crippen molar-refractivity contribution in [3.63, 3.8) is 0 Å². The lowest BCUT2D eigenvalue weighted by molar-refractivity contribution is 0.125. The molecule has 2 aliphatic rings. The van der Waals surface area contributed by atoms with Crippen molar-refractivity contribution >= 4 is 0 Å². The van der Waals surface area contributed by atoms with Crippen LogP contribution in [0, 0.1) is 17.8 Å². The molecule has 0 aromatic carbocycles. The molecule has 1 aliphatic heterocycles. The third kappa shape index (κ3) is 2.80. The van der Waals surface area contributed by atoms with E-state index < -0.39 is 0 Å². The van der Waals surface area contributed by atoms with E-state index in [-0.39, 0.29) is 0 Å². The van der Waals surface area contributed by atoms with E-state index in [0.29, 0.717) is 6.04 Å². The summed E-state index contributed by atoms with van der Waals surface area (Å²) in [6.45, 7) is 11.4. The van der Waals surface area contributed by atoms with Gasteiger partial charge in [-0.1, -0.05) is 38.5 Å². The molecule has 0 N–H and O–H groups in total. The molecule has 0 spiro atoms. The monoisotopic (exact) mass is 259 g/mol. The normalized spacial score (nSPS) is 35.3. The van der Waals surface area contributed by atoms with Crippen LogP contribution in [0.3, 0.4) is 0 Å². The molecule has 1 heteroatoms. The Labute approximate surface area is 119 Å². The molecule has 106 valence electrons. The van der Waals surface area contributed by atoms with Crippen LogP contribution in [0.15, 0.2) is 35.7 Å². The predicted molar refractivity (Wildman–Crippen MR) is 83.6 cm³/mol. The van der Waals surface area contributed by atoms with Crippen LogP contribution in [-0.2, 0) is 0 Å². The molecule has 3 atom stereocenters. The Morgan fingerprint density at radius 3 is 2.68 bits per heavy atom. The van der Waals surface area contributed by atoms with Crippen molar-refractivity contribution in [3.8, 4) is 0 Å². The second kappa shape index (κ2) is 5.98. The predicted octanol–water partition coefficient (Wildman–Crippen LogP) is 5.13. The highest BCUT2D eigenvalue weighted by Crippen LogP contribution is 2.44. The Hall–Kier alpha value is -0.980. The highest BCUT2D eigenvalue weighted by molar-refractivity contribution is 5.37. The summed E-state index contributed by atoms with van der Waals surface area (Å²) < 4.78 is 0. The van der Waals surface area contributed by atoms with Gasteiger partial charge in [0.2, 0.25) is 0 Å². The summed E-state index contributed by atoms with van der Waals surface area (Å²) in [6, 6.07) is 0.534. The number of rotatable bonds is 3. The molecule has 1 saturated carbocycles. The summed E-state index contributed by atoms with van der Waals surface area (Å²) in [5.74, 6) is 2.59. The lowest BCUT2D eigenvalue weighted by atomic mass is 9.64. The Bertz CT molecular complexity index is 400. The maximum Gasteiger partial charge on any atom is 0.0397 e. The zero-order valence-electron chi connectivity index (χ0n) is 13.2. The molecule has 1 fully saturated rings. The minimum Gasteiger partial charge on any atom is -0.346 e. The summed E-state index contributed by atoms with van der Waals surface area (Å²) >= 11 is 0. The molecule has 3 unspecified atom stereocenters. The van der Waals surface area contributed by atoms with Crippen LogP contribution in [0.1, 0.15) is 53.9 Å². The van der Waals surface area contributed by atoms with E-state index in [2.05, 4.69) is 63.9 Å². The van der Waals surface area contributed by atoms with E-state index in [4.69, 9.17) is 0 Å². The van der Waals surface area contributed by atoms with Gasteiger partial charge in [-0.25, -0.2) is 0 Å². The smallest absolute Gasteiger partial charge is 0.0397 e. The minimum atomic E-state index is 0.534. The van der Waals surface area contributed by atoms with E-state index >= 15 is 0 Å². The average molecular weight is 259 g/mol. The van der Waals surface area contributed by atoms with Crippen molar-refractivity contribution in [1.82, 2.24) is 4.90 Å². The molecule has 1 heterocycles. The molecule has 0 aromatic rings. The Balaban J connectivity index is 2.22. The molecule has 1 aliphatic carbocycles. The van der Waals surface area contributed by atoms with E-state index in [1.165, 1.54) is 24.1 Å². The fourth-order valence-electron chi connectivity index (χ4n) is 3.61. The molecule has 1 nitrogen and oxygen atoms in total. The van der Waals surface area contributed by atoms with Gasteiger partial charge in [0.15, 0.2) is 0 Å². The number of hydrogen-bond acceptors (Lipinski definition) is 1. The van der Waals surface area contributed by atoms with Gasteiger partial charge in [-0.3, -0.25) is 0 Å². The van der Waals surface area contributed by atoms with Crippen LogP contribution in [-0.4, -0.2) is 10.9 Å². The maximum absolute atomic E-state index is 2.58. The van der Waals surface area contributed by atoms with E-state index in [9.17, 15) is 0 Å². The fraction of sp³-hybridized carbons (Fsp3) is 0.667. The first kappa shape index (κ1) is 14.4. The molecular weight excluding hydrogens is 230 g/mol. The number of allylic oxidation sites excluding steroid dienone is 4. The van der Waals surface area contributed by atoms with Crippen molar-refractivity contribution < 1.29 is 0 Å². The van der Waals surface area contributed by atoms with Gasteiger partial charge >= 0.3 is 0 Å².